The topological polar surface area (TPSA) is 60.2 Å². The Kier molecular flexibility index (Phi) is 3.10. The zero-order valence-corrected chi connectivity index (χ0v) is 8.20. The van der Waals surface area contributed by atoms with Crippen molar-refractivity contribution in [1.82, 2.24) is 0 Å². The summed E-state index contributed by atoms with van der Waals surface area (Å²) in [4.78, 5) is 20.5. The van der Waals surface area contributed by atoms with Crippen LogP contribution >= 0.6 is 15.9 Å². The molecule has 1 aliphatic rings. The van der Waals surface area contributed by atoms with Crippen LogP contribution in [0.4, 0.5) is 8.78 Å². The lowest BCUT2D eigenvalue weighted by Crippen LogP contribution is -2.33. The highest BCUT2D eigenvalue weighted by Crippen LogP contribution is 2.26. The number of nitro groups is 1. The smallest absolute Gasteiger partial charge is 0.286 e. The van der Waals surface area contributed by atoms with Crippen LogP contribution in [0.15, 0.2) is 22.2 Å². The number of carbonyl (C=O) groups excluding carboxylic acids is 1. The Labute approximate surface area is 85.6 Å². The van der Waals surface area contributed by atoms with Gasteiger partial charge < -0.3 is 0 Å². The van der Waals surface area contributed by atoms with Crippen LogP contribution in [0, 0.1) is 10.1 Å². The SMILES string of the molecule is O=C1C(C(F)F)=C(Br)C=CC1[N+](=O)[O-]. The van der Waals surface area contributed by atoms with Gasteiger partial charge in [-0.3, -0.25) is 14.9 Å². The van der Waals surface area contributed by atoms with E-state index in [2.05, 4.69) is 15.9 Å². The Morgan fingerprint density at radius 2 is 2.14 bits per heavy atom. The van der Waals surface area contributed by atoms with Crippen LogP contribution in [0.3, 0.4) is 0 Å². The molecule has 0 aromatic carbocycles. The van der Waals surface area contributed by atoms with Gasteiger partial charge >= 0.3 is 0 Å². The van der Waals surface area contributed by atoms with Crippen molar-refractivity contribution in [3.8, 4) is 0 Å². The highest BCUT2D eigenvalue weighted by molar-refractivity contribution is 9.12. The number of halogens is 3. The van der Waals surface area contributed by atoms with Gasteiger partial charge in [0.1, 0.15) is 0 Å². The minimum absolute atomic E-state index is 0.101. The summed E-state index contributed by atoms with van der Waals surface area (Å²) in [6.45, 7) is 0. The Hall–Kier alpha value is -1.11. The summed E-state index contributed by atoms with van der Waals surface area (Å²) in [6.07, 6.45) is -0.946. The zero-order chi connectivity index (χ0) is 10.9. The molecule has 0 aromatic rings. The monoisotopic (exact) mass is 267 g/mol. The summed E-state index contributed by atoms with van der Waals surface area (Å²) in [6, 6.07) is -1.69. The van der Waals surface area contributed by atoms with E-state index >= 15 is 0 Å². The lowest BCUT2D eigenvalue weighted by molar-refractivity contribution is -0.494. The summed E-state index contributed by atoms with van der Waals surface area (Å²) >= 11 is 2.74. The van der Waals surface area contributed by atoms with Crippen molar-refractivity contribution in [1.29, 1.82) is 0 Å². The van der Waals surface area contributed by atoms with E-state index in [0.717, 1.165) is 12.2 Å². The van der Waals surface area contributed by atoms with Crippen molar-refractivity contribution in [2.75, 3.05) is 0 Å². The molecule has 1 unspecified atom stereocenters. The molecule has 0 bridgehead atoms. The van der Waals surface area contributed by atoms with Gasteiger partial charge in [0.2, 0.25) is 5.78 Å². The predicted molar refractivity (Wildman–Crippen MR) is 46.9 cm³/mol. The van der Waals surface area contributed by atoms with Crippen LogP contribution in [-0.4, -0.2) is 23.2 Å². The highest BCUT2D eigenvalue weighted by Gasteiger charge is 2.37. The van der Waals surface area contributed by atoms with Crippen LogP contribution in [0.1, 0.15) is 0 Å². The first-order chi connectivity index (χ1) is 6.45. The number of carbonyl (C=O) groups is 1. The van der Waals surface area contributed by atoms with Crippen molar-refractivity contribution >= 4 is 21.7 Å². The minimum atomic E-state index is -3.01. The van der Waals surface area contributed by atoms with Crippen LogP contribution in [-0.2, 0) is 4.79 Å². The molecule has 1 atom stereocenters. The average molecular weight is 268 g/mol. The van der Waals surface area contributed by atoms with E-state index < -0.39 is 28.7 Å². The fourth-order valence-electron chi connectivity index (χ4n) is 1.01. The molecule has 0 amide bonds. The molecular formula is C7H4BrF2NO3. The van der Waals surface area contributed by atoms with Crippen molar-refractivity contribution in [3.63, 3.8) is 0 Å². The van der Waals surface area contributed by atoms with E-state index in [0.29, 0.717) is 0 Å². The summed E-state index contributed by atoms with van der Waals surface area (Å²) in [7, 11) is 0. The molecule has 76 valence electrons. The van der Waals surface area contributed by atoms with E-state index in [1.807, 2.05) is 0 Å². The maximum Gasteiger partial charge on any atom is 0.293 e. The number of ketones is 1. The molecule has 0 aliphatic heterocycles. The number of rotatable bonds is 2. The first-order valence-electron chi connectivity index (χ1n) is 3.49. The van der Waals surface area contributed by atoms with E-state index in [4.69, 9.17) is 0 Å². The van der Waals surface area contributed by atoms with Crippen molar-refractivity contribution < 1.29 is 18.5 Å². The van der Waals surface area contributed by atoms with Crippen LogP contribution < -0.4 is 0 Å². The van der Waals surface area contributed by atoms with Gasteiger partial charge in [-0.2, -0.15) is 0 Å². The van der Waals surface area contributed by atoms with Gasteiger partial charge in [-0.1, -0.05) is 15.9 Å². The van der Waals surface area contributed by atoms with Gasteiger partial charge in [-0.05, 0) is 12.2 Å². The van der Waals surface area contributed by atoms with Crippen molar-refractivity contribution in [3.05, 3.63) is 32.3 Å². The third-order valence-corrected chi connectivity index (χ3v) is 2.35. The Balaban J connectivity index is 3.09. The summed E-state index contributed by atoms with van der Waals surface area (Å²) < 4.78 is 24.5. The van der Waals surface area contributed by atoms with Crippen LogP contribution in [0.25, 0.3) is 0 Å². The molecule has 0 N–H and O–H groups in total. The van der Waals surface area contributed by atoms with Gasteiger partial charge in [-0.25, -0.2) is 8.78 Å². The first-order valence-corrected chi connectivity index (χ1v) is 4.28. The Morgan fingerprint density at radius 3 is 2.57 bits per heavy atom. The lowest BCUT2D eigenvalue weighted by Gasteiger charge is -2.12. The van der Waals surface area contributed by atoms with E-state index in [-0.39, 0.29) is 4.48 Å². The number of nitrogens with zero attached hydrogens (tertiary/aromatic N) is 1. The second kappa shape index (κ2) is 3.95. The largest absolute Gasteiger partial charge is 0.293 e. The lowest BCUT2D eigenvalue weighted by atomic mass is 10.00. The number of alkyl halides is 2. The van der Waals surface area contributed by atoms with E-state index in [1.54, 1.807) is 0 Å². The number of hydrogen-bond acceptors (Lipinski definition) is 3. The normalized spacial score (nSPS) is 22.0. The molecule has 0 fully saturated rings. The summed E-state index contributed by atoms with van der Waals surface area (Å²) in [5.74, 6) is -1.17. The first kappa shape index (κ1) is 11.0. The van der Waals surface area contributed by atoms with Gasteiger partial charge in [0.05, 0.1) is 5.57 Å². The molecule has 0 aromatic heterocycles. The van der Waals surface area contributed by atoms with Gasteiger partial charge in [0.15, 0.2) is 0 Å². The maximum absolute atomic E-state index is 12.3. The number of Topliss-reactive ketones (excluding diaryl/α,β-unsaturated/α-hetero) is 1. The third-order valence-electron chi connectivity index (χ3n) is 1.66. The number of hydrogen-bond donors (Lipinski definition) is 0. The third kappa shape index (κ3) is 1.87. The van der Waals surface area contributed by atoms with E-state index in [9.17, 15) is 23.7 Å². The second-order valence-electron chi connectivity index (χ2n) is 2.52. The Bertz CT molecular complexity index is 351. The van der Waals surface area contributed by atoms with Crippen LogP contribution in [0.5, 0.6) is 0 Å². The minimum Gasteiger partial charge on any atom is -0.286 e. The maximum atomic E-state index is 12.3. The fraction of sp³-hybridized carbons (Fsp3) is 0.286. The molecule has 0 spiro atoms. The summed E-state index contributed by atoms with van der Waals surface area (Å²) in [5, 5.41) is 10.3. The van der Waals surface area contributed by atoms with E-state index in [1.165, 1.54) is 0 Å². The van der Waals surface area contributed by atoms with Gasteiger partial charge in [0.25, 0.3) is 12.5 Å². The Morgan fingerprint density at radius 1 is 1.57 bits per heavy atom. The molecular weight excluding hydrogens is 264 g/mol. The molecule has 4 nitrogen and oxygen atoms in total. The zero-order valence-electron chi connectivity index (χ0n) is 6.62. The van der Waals surface area contributed by atoms with Gasteiger partial charge in [0, 0.05) is 9.41 Å². The molecule has 14 heavy (non-hydrogen) atoms. The average Bonchev–Trinajstić information content (AvgIpc) is 2.02. The molecule has 0 heterocycles. The molecule has 0 radical (unpaired) electrons. The molecule has 7 heteroatoms. The van der Waals surface area contributed by atoms with Crippen molar-refractivity contribution in [2.45, 2.75) is 12.5 Å². The summed E-state index contributed by atoms with van der Waals surface area (Å²) in [5.41, 5.74) is -0.839. The standard InChI is InChI=1S/C7H4BrF2NO3/c8-3-1-2-4(11(13)14)6(12)5(3)7(9)10/h1-2,4,7H. The van der Waals surface area contributed by atoms with Gasteiger partial charge in [-0.15, -0.1) is 0 Å². The van der Waals surface area contributed by atoms with Crippen LogP contribution in [0.2, 0.25) is 0 Å². The predicted octanol–water partition coefficient (Wildman–Crippen LogP) is 1.68. The number of allylic oxidation sites excluding steroid dienone is 2. The fourth-order valence-corrected chi connectivity index (χ4v) is 1.53. The molecule has 1 aliphatic carbocycles. The quantitative estimate of drug-likeness (QED) is 0.565. The highest BCUT2D eigenvalue weighted by atomic mass is 79.9. The van der Waals surface area contributed by atoms with Crippen molar-refractivity contribution in [2.24, 2.45) is 0 Å². The molecule has 0 saturated carbocycles. The molecule has 1 rings (SSSR count). The second-order valence-corrected chi connectivity index (χ2v) is 3.37. The molecule has 0 saturated heterocycles.